The zero-order chi connectivity index (χ0) is 21.0. The van der Waals surface area contributed by atoms with Gasteiger partial charge in [-0.15, -0.1) is 0 Å². The number of nitrogens with zero attached hydrogens (tertiary/aromatic N) is 2. The molecule has 1 aromatic heterocycles. The minimum atomic E-state index is -0.495. The number of carbonyl (C=O) groups is 2. The van der Waals surface area contributed by atoms with Crippen molar-refractivity contribution in [1.29, 1.82) is 0 Å². The molecule has 1 fully saturated rings. The highest BCUT2D eigenvalue weighted by Crippen LogP contribution is 2.40. The third-order valence-electron chi connectivity index (χ3n) is 6.80. The summed E-state index contributed by atoms with van der Waals surface area (Å²) in [5.74, 6) is 0.888. The molecule has 2 aliphatic rings. The third-order valence-corrected chi connectivity index (χ3v) is 6.80. The lowest BCUT2D eigenvalue weighted by molar-refractivity contribution is -0.00575. The van der Waals surface area contributed by atoms with E-state index < -0.39 is 5.60 Å². The van der Waals surface area contributed by atoms with Gasteiger partial charge in [0.15, 0.2) is 5.78 Å². The highest BCUT2D eigenvalue weighted by atomic mass is 16.5. The van der Waals surface area contributed by atoms with Crippen LogP contribution in [0.4, 0.5) is 0 Å². The van der Waals surface area contributed by atoms with Crippen LogP contribution in [0.5, 0.6) is 5.75 Å². The fourth-order valence-corrected chi connectivity index (χ4v) is 4.72. The van der Waals surface area contributed by atoms with Crippen molar-refractivity contribution in [2.24, 2.45) is 7.05 Å². The Balaban J connectivity index is 1.34. The number of carbonyl (C=O) groups excluding carboxylic acids is 2. The SMILES string of the molecule is Cc1cc2c(cc1C)C(=O)CC1(CCN(C(=O)c3ccc4ccn(C)c4c3)CC1)O2. The first-order valence-corrected chi connectivity index (χ1v) is 10.5. The van der Waals surface area contributed by atoms with Crippen molar-refractivity contribution in [1.82, 2.24) is 9.47 Å². The van der Waals surface area contributed by atoms with Gasteiger partial charge in [-0.3, -0.25) is 9.59 Å². The van der Waals surface area contributed by atoms with Crippen LogP contribution >= 0.6 is 0 Å². The highest BCUT2D eigenvalue weighted by molar-refractivity contribution is 6.01. The van der Waals surface area contributed by atoms with E-state index in [0.29, 0.717) is 49.2 Å². The summed E-state index contributed by atoms with van der Waals surface area (Å²) in [6, 6.07) is 11.8. The van der Waals surface area contributed by atoms with E-state index in [1.54, 1.807) is 0 Å². The maximum Gasteiger partial charge on any atom is 0.253 e. The van der Waals surface area contributed by atoms with Crippen molar-refractivity contribution in [2.45, 2.75) is 38.7 Å². The van der Waals surface area contributed by atoms with Crippen LogP contribution < -0.4 is 4.74 Å². The molecule has 0 radical (unpaired) electrons. The second-order valence-corrected chi connectivity index (χ2v) is 8.81. The van der Waals surface area contributed by atoms with Gasteiger partial charge in [0.2, 0.25) is 0 Å². The van der Waals surface area contributed by atoms with Gasteiger partial charge in [-0.05, 0) is 60.7 Å². The van der Waals surface area contributed by atoms with E-state index in [-0.39, 0.29) is 11.7 Å². The number of hydrogen-bond donors (Lipinski definition) is 0. The average molecular weight is 402 g/mol. The van der Waals surface area contributed by atoms with E-state index in [4.69, 9.17) is 4.74 Å². The summed E-state index contributed by atoms with van der Waals surface area (Å²) in [6.45, 7) is 5.24. The van der Waals surface area contributed by atoms with Crippen molar-refractivity contribution in [2.75, 3.05) is 13.1 Å². The number of rotatable bonds is 1. The number of hydrogen-bond acceptors (Lipinski definition) is 3. The molecular formula is C25H26N2O3. The number of benzene rings is 2. The lowest BCUT2D eigenvalue weighted by Gasteiger charge is -2.44. The van der Waals surface area contributed by atoms with Crippen LogP contribution in [-0.4, -0.2) is 39.8 Å². The Bertz CT molecular complexity index is 1180. The van der Waals surface area contributed by atoms with Crippen LogP contribution in [0.2, 0.25) is 0 Å². The van der Waals surface area contributed by atoms with Gasteiger partial charge in [-0.2, -0.15) is 0 Å². The molecule has 30 heavy (non-hydrogen) atoms. The van der Waals surface area contributed by atoms with Gasteiger partial charge in [0.05, 0.1) is 12.0 Å². The standard InChI is InChI=1S/C25H26N2O3/c1-16-12-20-22(28)15-25(30-23(20)13-17(16)2)7-10-27(11-8-25)24(29)19-5-4-18-6-9-26(3)21(18)14-19/h4-6,9,12-14H,7-8,10-11,15H2,1-3H3. The van der Waals surface area contributed by atoms with Crippen molar-refractivity contribution < 1.29 is 14.3 Å². The first-order chi connectivity index (χ1) is 14.3. The topological polar surface area (TPSA) is 51.5 Å². The van der Waals surface area contributed by atoms with Gasteiger partial charge in [-0.25, -0.2) is 0 Å². The van der Waals surface area contributed by atoms with Crippen LogP contribution in [0.3, 0.4) is 0 Å². The number of ketones is 1. The predicted molar refractivity (Wildman–Crippen MR) is 116 cm³/mol. The third kappa shape index (κ3) is 3.00. The van der Waals surface area contributed by atoms with Gasteiger partial charge < -0.3 is 14.2 Å². The summed E-state index contributed by atoms with van der Waals surface area (Å²) >= 11 is 0. The molecule has 2 aliphatic heterocycles. The Morgan fingerprint density at radius 2 is 1.77 bits per heavy atom. The van der Waals surface area contributed by atoms with Crippen LogP contribution in [0.1, 0.15) is 51.1 Å². The normalized spacial score (nSPS) is 17.8. The van der Waals surface area contributed by atoms with E-state index in [9.17, 15) is 9.59 Å². The monoisotopic (exact) mass is 402 g/mol. The van der Waals surface area contributed by atoms with Crippen molar-refractivity contribution in [3.8, 4) is 5.75 Å². The molecule has 0 unspecified atom stereocenters. The number of amides is 1. The van der Waals surface area contributed by atoms with Gasteiger partial charge in [0, 0.05) is 50.3 Å². The number of aryl methyl sites for hydroxylation is 3. The van der Waals surface area contributed by atoms with E-state index in [2.05, 4.69) is 0 Å². The summed E-state index contributed by atoms with van der Waals surface area (Å²) < 4.78 is 8.43. The van der Waals surface area contributed by atoms with Crippen LogP contribution in [-0.2, 0) is 7.05 Å². The lowest BCUT2D eigenvalue weighted by atomic mass is 9.81. The molecule has 2 aromatic carbocycles. The van der Waals surface area contributed by atoms with E-state index in [0.717, 1.165) is 22.0 Å². The molecule has 1 amide bonds. The predicted octanol–water partition coefficient (Wildman–Crippen LogP) is 4.44. The minimum absolute atomic E-state index is 0.0435. The molecule has 1 saturated heterocycles. The minimum Gasteiger partial charge on any atom is -0.486 e. The van der Waals surface area contributed by atoms with Crippen LogP contribution in [0.15, 0.2) is 42.6 Å². The van der Waals surface area contributed by atoms with E-state index in [1.165, 1.54) is 0 Å². The molecule has 0 saturated carbocycles. The number of ether oxygens (including phenoxy) is 1. The average Bonchev–Trinajstić information content (AvgIpc) is 3.10. The van der Waals surface area contributed by atoms with E-state index >= 15 is 0 Å². The fourth-order valence-electron chi connectivity index (χ4n) is 4.72. The van der Waals surface area contributed by atoms with Gasteiger partial charge in [0.25, 0.3) is 5.91 Å². The Hall–Kier alpha value is -3.08. The fraction of sp³-hybridized carbons (Fsp3) is 0.360. The zero-order valence-electron chi connectivity index (χ0n) is 17.7. The zero-order valence-corrected chi connectivity index (χ0v) is 17.7. The van der Waals surface area contributed by atoms with Gasteiger partial charge in [-0.1, -0.05) is 6.07 Å². The number of piperidine rings is 1. The number of fused-ring (bicyclic) bond motifs is 2. The summed E-state index contributed by atoms with van der Waals surface area (Å²) in [7, 11) is 1.99. The molecule has 154 valence electrons. The summed E-state index contributed by atoms with van der Waals surface area (Å²) in [4.78, 5) is 27.8. The first-order valence-electron chi connectivity index (χ1n) is 10.5. The molecule has 0 atom stereocenters. The quantitative estimate of drug-likeness (QED) is 0.605. The maximum atomic E-state index is 13.1. The lowest BCUT2D eigenvalue weighted by Crippen LogP contribution is -2.52. The second-order valence-electron chi connectivity index (χ2n) is 8.81. The molecule has 0 aliphatic carbocycles. The number of aromatic nitrogens is 1. The summed E-state index contributed by atoms with van der Waals surface area (Å²) in [5, 5.41) is 1.13. The molecule has 0 bridgehead atoms. The largest absolute Gasteiger partial charge is 0.486 e. The summed E-state index contributed by atoms with van der Waals surface area (Å²) in [6.07, 6.45) is 3.73. The highest BCUT2D eigenvalue weighted by Gasteiger charge is 2.43. The van der Waals surface area contributed by atoms with Gasteiger partial charge >= 0.3 is 0 Å². The number of likely N-dealkylation sites (tertiary alicyclic amines) is 1. The van der Waals surface area contributed by atoms with Crippen molar-refractivity contribution >= 4 is 22.6 Å². The molecule has 5 nitrogen and oxygen atoms in total. The van der Waals surface area contributed by atoms with Crippen molar-refractivity contribution in [3.63, 3.8) is 0 Å². The Labute approximate surface area is 176 Å². The number of Topliss-reactive ketones (excluding diaryl/α,β-unsaturated/α-hetero) is 1. The van der Waals surface area contributed by atoms with Crippen LogP contribution in [0.25, 0.3) is 10.9 Å². The Morgan fingerprint density at radius 3 is 2.53 bits per heavy atom. The Kier molecular flexibility index (Phi) is 4.24. The maximum absolute atomic E-state index is 13.1. The molecule has 3 aromatic rings. The summed E-state index contributed by atoms with van der Waals surface area (Å²) in [5.41, 5.74) is 4.19. The Morgan fingerprint density at radius 1 is 1.03 bits per heavy atom. The molecule has 3 heterocycles. The van der Waals surface area contributed by atoms with Crippen molar-refractivity contribution in [3.05, 3.63) is 64.8 Å². The molecule has 5 heteroatoms. The molecule has 5 rings (SSSR count). The van der Waals surface area contributed by atoms with Gasteiger partial charge in [0.1, 0.15) is 11.4 Å². The van der Waals surface area contributed by atoms with Crippen LogP contribution in [0, 0.1) is 13.8 Å². The smallest absolute Gasteiger partial charge is 0.253 e. The molecule has 1 spiro atoms. The van der Waals surface area contributed by atoms with E-state index in [1.807, 2.05) is 73.0 Å². The first kappa shape index (κ1) is 18.9. The molecule has 0 N–H and O–H groups in total. The second kappa shape index (κ2) is 6.73. The molecular weight excluding hydrogens is 376 g/mol.